The second kappa shape index (κ2) is 9.00. The van der Waals surface area contributed by atoms with Crippen molar-refractivity contribution >= 4 is 11.8 Å². The molecule has 4 nitrogen and oxygen atoms in total. The lowest BCUT2D eigenvalue weighted by atomic mass is 9.78. The second-order valence-electron chi connectivity index (χ2n) is 7.38. The largest absolute Gasteiger partial charge is 0.346 e. The Kier molecular flexibility index (Phi) is 6.45. The van der Waals surface area contributed by atoms with E-state index in [9.17, 15) is 14.0 Å². The molecular weight excluding hydrogens is 355 g/mol. The fourth-order valence-corrected chi connectivity index (χ4v) is 4.03. The fraction of sp³-hybridized carbons (Fsp3) is 0.391. The van der Waals surface area contributed by atoms with Crippen molar-refractivity contribution < 1.29 is 14.0 Å². The lowest BCUT2D eigenvalue weighted by molar-refractivity contribution is -0.134. The number of hydrogen-bond donors (Lipinski definition) is 1. The predicted molar refractivity (Wildman–Crippen MR) is 107 cm³/mol. The zero-order chi connectivity index (χ0) is 20.0. The summed E-state index contributed by atoms with van der Waals surface area (Å²) in [5, 5.41) is 2.83. The Hall–Kier alpha value is -2.69. The first-order valence-electron chi connectivity index (χ1n) is 9.91. The molecular formula is C23H27FN2O2. The van der Waals surface area contributed by atoms with Gasteiger partial charge in [-0.3, -0.25) is 9.59 Å². The summed E-state index contributed by atoms with van der Waals surface area (Å²) in [5.41, 5.74) is 1.02. The zero-order valence-electron chi connectivity index (χ0n) is 16.3. The van der Waals surface area contributed by atoms with E-state index in [-0.39, 0.29) is 24.2 Å². The third-order valence-electron chi connectivity index (χ3n) is 5.62. The van der Waals surface area contributed by atoms with Crippen LogP contribution in [-0.2, 0) is 21.5 Å². The summed E-state index contributed by atoms with van der Waals surface area (Å²) in [4.78, 5) is 27.4. The summed E-state index contributed by atoms with van der Waals surface area (Å²) in [5.74, 6) is -0.639. The zero-order valence-corrected chi connectivity index (χ0v) is 16.3. The Balaban J connectivity index is 1.66. The molecule has 0 heterocycles. The van der Waals surface area contributed by atoms with Gasteiger partial charge in [-0.05, 0) is 43.0 Å². The van der Waals surface area contributed by atoms with E-state index >= 15 is 0 Å². The predicted octanol–water partition coefficient (Wildman–Crippen LogP) is 3.80. The molecule has 2 aromatic carbocycles. The molecule has 1 saturated carbocycles. The van der Waals surface area contributed by atoms with Crippen molar-refractivity contribution in [3.05, 3.63) is 71.5 Å². The monoisotopic (exact) mass is 382 g/mol. The van der Waals surface area contributed by atoms with Gasteiger partial charge < -0.3 is 10.2 Å². The number of benzene rings is 2. The molecule has 2 amide bonds. The van der Waals surface area contributed by atoms with Crippen molar-refractivity contribution in [3.63, 3.8) is 0 Å². The van der Waals surface area contributed by atoms with Crippen molar-refractivity contribution in [2.24, 2.45) is 0 Å². The van der Waals surface area contributed by atoms with Crippen molar-refractivity contribution in [1.29, 1.82) is 0 Å². The number of hydrogen-bond acceptors (Lipinski definition) is 2. The minimum absolute atomic E-state index is 0.0451. The first kappa shape index (κ1) is 20.1. The highest BCUT2D eigenvalue weighted by molar-refractivity contribution is 5.91. The van der Waals surface area contributed by atoms with Gasteiger partial charge in [-0.25, -0.2) is 4.39 Å². The minimum Gasteiger partial charge on any atom is -0.346 e. The van der Waals surface area contributed by atoms with Gasteiger partial charge in [0.05, 0.1) is 12.0 Å². The molecule has 1 aliphatic rings. The summed E-state index contributed by atoms with van der Waals surface area (Å²) in [6.07, 6.45) is 3.20. The van der Waals surface area contributed by atoms with Crippen LogP contribution in [0.1, 0.15) is 43.7 Å². The van der Waals surface area contributed by atoms with E-state index in [4.69, 9.17) is 0 Å². The first-order chi connectivity index (χ1) is 13.5. The van der Waals surface area contributed by atoms with Crippen LogP contribution in [0.3, 0.4) is 0 Å². The van der Waals surface area contributed by atoms with Crippen molar-refractivity contribution in [1.82, 2.24) is 10.2 Å². The highest BCUT2D eigenvalue weighted by Gasteiger charge is 2.42. The molecule has 0 atom stereocenters. The summed E-state index contributed by atoms with van der Waals surface area (Å²) >= 11 is 0. The van der Waals surface area contributed by atoms with Crippen molar-refractivity contribution in [2.75, 3.05) is 13.1 Å². The summed E-state index contributed by atoms with van der Waals surface area (Å²) < 4.78 is 13.7. The molecule has 1 N–H and O–H groups in total. The number of carbonyl (C=O) groups excluding carboxylic acids is 2. The lowest BCUT2D eigenvalue weighted by Gasteiger charge is -2.29. The van der Waals surface area contributed by atoms with Crippen LogP contribution in [0.15, 0.2) is 54.6 Å². The van der Waals surface area contributed by atoms with Crippen LogP contribution in [0.4, 0.5) is 4.39 Å². The molecule has 1 aliphatic carbocycles. The maximum atomic E-state index is 13.7. The molecule has 3 rings (SSSR count). The van der Waals surface area contributed by atoms with E-state index in [1.807, 2.05) is 43.3 Å². The Morgan fingerprint density at radius 2 is 1.79 bits per heavy atom. The number of rotatable bonds is 7. The van der Waals surface area contributed by atoms with Gasteiger partial charge in [-0.2, -0.15) is 0 Å². The lowest BCUT2D eigenvalue weighted by Crippen LogP contribution is -2.47. The Morgan fingerprint density at radius 3 is 2.43 bits per heavy atom. The van der Waals surface area contributed by atoms with E-state index in [1.54, 1.807) is 11.0 Å². The van der Waals surface area contributed by atoms with Gasteiger partial charge in [0.25, 0.3) is 0 Å². The highest BCUT2D eigenvalue weighted by Crippen LogP contribution is 2.41. The van der Waals surface area contributed by atoms with Crippen LogP contribution in [0.25, 0.3) is 0 Å². The molecule has 0 saturated heterocycles. The van der Waals surface area contributed by atoms with Crippen LogP contribution in [0, 0.1) is 5.82 Å². The summed E-state index contributed by atoms with van der Waals surface area (Å²) in [6.45, 7) is 2.96. The maximum Gasteiger partial charge on any atom is 0.242 e. The molecule has 1 fully saturated rings. The number of likely N-dealkylation sites (N-methyl/N-ethyl adjacent to an activating group) is 1. The van der Waals surface area contributed by atoms with Crippen LogP contribution >= 0.6 is 0 Å². The maximum absolute atomic E-state index is 13.7. The fourth-order valence-electron chi connectivity index (χ4n) is 4.03. The van der Waals surface area contributed by atoms with Gasteiger partial charge in [-0.15, -0.1) is 0 Å². The van der Waals surface area contributed by atoms with Crippen molar-refractivity contribution in [2.45, 2.75) is 44.6 Å². The van der Waals surface area contributed by atoms with E-state index in [2.05, 4.69) is 5.32 Å². The first-order valence-corrected chi connectivity index (χ1v) is 9.91. The third kappa shape index (κ3) is 4.41. The highest BCUT2D eigenvalue weighted by atomic mass is 19.1. The molecule has 148 valence electrons. The van der Waals surface area contributed by atoms with Crippen LogP contribution < -0.4 is 5.32 Å². The van der Waals surface area contributed by atoms with E-state index in [1.165, 1.54) is 12.1 Å². The molecule has 0 aromatic heterocycles. The molecule has 0 aliphatic heterocycles. The number of nitrogens with one attached hydrogen (secondary N) is 1. The average Bonchev–Trinajstić information content (AvgIpc) is 3.22. The molecule has 5 heteroatoms. The van der Waals surface area contributed by atoms with Gasteiger partial charge >= 0.3 is 0 Å². The van der Waals surface area contributed by atoms with Crippen LogP contribution in [0.2, 0.25) is 0 Å². The number of amides is 2. The SMILES string of the molecule is CCN(Cc1ccccc1)C(=O)CNC(=O)C1(c2cccc(F)c2)CCCC1. The van der Waals surface area contributed by atoms with Gasteiger partial charge in [0, 0.05) is 13.1 Å². The molecule has 0 bridgehead atoms. The average molecular weight is 382 g/mol. The van der Waals surface area contributed by atoms with E-state index in [0.717, 1.165) is 18.4 Å². The van der Waals surface area contributed by atoms with Gasteiger partial charge in [0.15, 0.2) is 0 Å². The molecule has 28 heavy (non-hydrogen) atoms. The molecule has 0 spiro atoms. The van der Waals surface area contributed by atoms with E-state index < -0.39 is 5.41 Å². The molecule has 0 unspecified atom stereocenters. The summed E-state index contributed by atoms with van der Waals surface area (Å²) in [7, 11) is 0. The van der Waals surface area contributed by atoms with Crippen LogP contribution in [0.5, 0.6) is 0 Å². The molecule has 0 radical (unpaired) electrons. The van der Waals surface area contributed by atoms with Gasteiger partial charge in [-0.1, -0.05) is 55.3 Å². The Labute approximate surface area is 165 Å². The second-order valence-corrected chi connectivity index (χ2v) is 7.38. The third-order valence-corrected chi connectivity index (χ3v) is 5.62. The molecule has 2 aromatic rings. The van der Waals surface area contributed by atoms with E-state index in [0.29, 0.717) is 31.5 Å². The minimum atomic E-state index is -0.737. The number of halogens is 1. The standard InChI is InChI=1S/C23H27FN2O2/c1-2-26(17-18-9-4-3-5-10-18)21(27)16-25-22(28)23(13-6-7-14-23)19-11-8-12-20(24)15-19/h3-5,8-12,15H,2,6-7,13-14,16-17H2,1H3,(H,25,28). The van der Waals surface area contributed by atoms with Crippen LogP contribution in [-0.4, -0.2) is 29.8 Å². The number of nitrogens with zero attached hydrogens (tertiary/aromatic N) is 1. The quantitative estimate of drug-likeness (QED) is 0.792. The smallest absolute Gasteiger partial charge is 0.242 e. The normalized spacial score (nSPS) is 15.2. The Morgan fingerprint density at radius 1 is 1.07 bits per heavy atom. The van der Waals surface area contributed by atoms with Gasteiger partial charge in [0.1, 0.15) is 5.82 Å². The number of carbonyl (C=O) groups is 2. The van der Waals surface area contributed by atoms with Gasteiger partial charge in [0.2, 0.25) is 11.8 Å². The van der Waals surface area contributed by atoms with Crippen molar-refractivity contribution in [3.8, 4) is 0 Å². The topological polar surface area (TPSA) is 49.4 Å². The summed E-state index contributed by atoms with van der Waals surface area (Å²) in [6, 6.07) is 16.1. The Bertz CT molecular complexity index is 816.